The average Bonchev–Trinajstić information content (AvgIpc) is 3.06. The number of aromatic nitrogens is 4. The summed E-state index contributed by atoms with van der Waals surface area (Å²) in [6.45, 7) is 3.54. The van der Waals surface area contributed by atoms with Crippen LogP contribution in [0.5, 0.6) is 0 Å². The zero-order chi connectivity index (χ0) is 18.3. The number of hydrogen-bond acceptors (Lipinski definition) is 6. The minimum absolute atomic E-state index is 0.281. The Bertz CT molecular complexity index is 1090. The van der Waals surface area contributed by atoms with Crippen LogP contribution < -0.4 is 5.73 Å². The molecule has 7 heteroatoms. The average molecular weight is 349 g/mol. The molecular weight excluding hydrogens is 333 g/mol. The van der Waals surface area contributed by atoms with Crippen LogP contribution in [0.2, 0.25) is 0 Å². The van der Waals surface area contributed by atoms with Gasteiger partial charge in [-0.2, -0.15) is 0 Å². The van der Waals surface area contributed by atoms with Crippen molar-refractivity contribution in [3.05, 3.63) is 60.0 Å². The van der Waals surface area contributed by atoms with Crippen LogP contribution in [0.1, 0.15) is 24.6 Å². The smallest absolute Gasteiger partial charge is 0.249 e. The lowest BCUT2D eigenvalue weighted by Crippen LogP contribution is -2.11. The predicted octanol–water partition coefficient (Wildman–Crippen LogP) is 3.81. The first-order chi connectivity index (χ1) is 12.5. The van der Waals surface area contributed by atoms with E-state index < -0.39 is 0 Å². The predicted molar refractivity (Wildman–Crippen MR) is 95.6 cm³/mol. The molecule has 1 aromatic carbocycles. The van der Waals surface area contributed by atoms with Crippen molar-refractivity contribution in [3.8, 4) is 22.7 Å². The van der Waals surface area contributed by atoms with E-state index in [1.54, 1.807) is 19.2 Å². The number of hydrogen-bond donors (Lipinski definition) is 1. The highest BCUT2D eigenvalue weighted by Gasteiger charge is 2.24. The largest absolute Gasteiger partial charge is 0.421 e. The number of fused-ring (bicyclic) bond motifs is 1. The summed E-state index contributed by atoms with van der Waals surface area (Å²) in [6, 6.07) is 9.56. The van der Waals surface area contributed by atoms with Crippen molar-refractivity contribution in [3.63, 3.8) is 0 Å². The fraction of sp³-hybridized carbons (Fsp3) is 0.158. The van der Waals surface area contributed by atoms with Gasteiger partial charge in [-0.05, 0) is 37.3 Å². The highest BCUT2D eigenvalue weighted by molar-refractivity contribution is 6.00. The summed E-state index contributed by atoms with van der Waals surface area (Å²) in [5, 5.41) is 8.63. The van der Waals surface area contributed by atoms with Crippen molar-refractivity contribution in [2.45, 2.75) is 19.9 Å². The molecule has 0 aliphatic carbocycles. The number of benzene rings is 1. The first kappa shape index (κ1) is 16.3. The van der Waals surface area contributed by atoms with E-state index in [0.29, 0.717) is 39.3 Å². The van der Waals surface area contributed by atoms with Crippen molar-refractivity contribution in [2.75, 3.05) is 0 Å². The number of aryl methyl sites for hydroxylation is 1. The molecule has 0 aliphatic heterocycles. The summed E-state index contributed by atoms with van der Waals surface area (Å²) in [5.41, 5.74) is 9.34. The number of rotatable bonds is 3. The van der Waals surface area contributed by atoms with Crippen molar-refractivity contribution < 1.29 is 8.81 Å². The molecule has 1 unspecified atom stereocenters. The minimum atomic E-state index is -0.377. The summed E-state index contributed by atoms with van der Waals surface area (Å²) < 4.78 is 19.7. The molecule has 1 atom stereocenters. The van der Waals surface area contributed by atoms with E-state index in [1.807, 2.05) is 25.1 Å². The molecule has 0 aliphatic rings. The lowest BCUT2D eigenvalue weighted by molar-refractivity contribution is 0.533. The van der Waals surface area contributed by atoms with Gasteiger partial charge in [-0.3, -0.25) is 9.97 Å². The quantitative estimate of drug-likeness (QED) is 0.605. The molecule has 0 spiro atoms. The Hall–Kier alpha value is -3.19. The van der Waals surface area contributed by atoms with E-state index in [2.05, 4.69) is 20.2 Å². The van der Waals surface area contributed by atoms with Crippen molar-refractivity contribution in [1.29, 1.82) is 0 Å². The summed E-state index contributed by atoms with van der Waals surface area (Å²) in [5.74, 6) is 0.316. The zero-order valence-corrected chi connectivity index (χ0v) is 14.3. The Kier molecular flexibility index (Phi) is 3.93. The molecule has 130 valence electrons. The van der Waals surface area contributed by atoms with E-state index in [1.165, 1.54) is 12.1 Å². The van der Waals surface area contributed by atoms with Crippen molar-refractivity contribution >= 4 is 10.9 Å². The first-order valence-corrected chi connectivity index (χ1v) is 8.15. The molecule has 26 heavy (non-hydrogen) atoms. The van der Waals surface area contributed by atoms with Gasteiger partial charge < -0.3 is 10.2 Å². The highest BCUT2D eigenvalue weighted by atomic mass is 19.1. The van der Waals surface area contributed by atoms with Gasteiger partial charge in [0.25, 0.3) is 0 Å². The zero-order valence-electron chi connectivity index (χ0n) is 14.3. The van der Waals surface area contributed by atoms with Crippen LogP contribution in [-0.4, -0.2) is 20.2 Å². The van der Waals surface area contributed by atoms with Crippen molar-refractivity contribution in [1.82, 2.24) is 20.2 Å². The monoisotopic (exact) mass is 349 g/mol. The third kappa shape index (κ3) is 2.72. The van der Waals surface area contributed by atoms with E-state index in [0.717, 1.165) is 0 Å². The molecular formula is C19H16FN5O. The molecule has 3 heterocycles. The molecule has 0 saturated heterocycles. The van der Waals surface area contributed by atoms with E-state index in [4.69, 9.17) is 10.2 Å². The summed E-state index contributed by atoms with van der Waals surface area (Å²) in [6.07, 6.45) is 1.68. The summed E-state index contributed by atoms with van der Waals surface area (Å²) in [4.78, 5) is 9.10. The Labute approximate surface area is 148 Å². The van der Waals surface area contributed by atoms with E-state index >= 15 is 0 Å². The highest BCUT2D eigenvalue weighted by Crippen LogP contribution is 2.39. The number of nitrogens with zero attached hydrogens (tertiary/aromatic N) is 4. The van der Waals surface area contributed by atoms with Crippen LogP contribution in [0.25, 0.3) is 33.6 Å². The molecule has 0 amide bonds. The van der Waals surface area contributed by atoms with Gasteiger partial charge in [0.05, 0.1) is 22.5 Å². The van der Waals surface area contributed by atoms with Crippen LogP contribution in [0.15, 0.2) is 47.0 Å². The minimum Gasteiger partial charge on any atom is -0.421 e. The van der Waals surface area contributed by atoms with Crippen LogP contribution >= 0.6 is 0 Å². The van der Waals surface area contributed by atoms with Crippen molar-refractivity contribution in [2.24, 2.45) is 5.73 Å². The maximum Gasteiger partial charge on any atom is 0.249 e. The molecule has 3 aromatic heterocycles. The summed E-state index contributed by atoms with van der Waals surface area (Å²) in [7, 11) is 0. The van der Waals surface area contributed by atoms with Gasteiger partial charge in [0.15, 0.2) is 0 Å². The fourth-order valence-corrected chi connectivity index (χ4v) is 2.97. The number of halogens is 1. The Balaban J connectivity index is 2.20. The Morgan fingerprint density at radius 3 is 2.62 bits per heavy atom. The molecule has 0 radical (unpaired) electrons. The maximum atomic E-state index is 14.0. The second-order valence-electron chi connectivity index (χ2n) is 6.04. The van der Waals surface area contributed by atoms with Crippen LogP contribution in [-0.2, 0) is 0 Å². The molecule has 0 fully saturated rings. The number of pyridine rings is 2. The van der Waals surface area contributed by atoms with Gasteiger partial charge in [0.1, 0.15) is 5.82 Å². The van der Waals surface area contributed by atoms with Crippen LogP contribution in [0.4, 0.5) is 4.39 Å². The molecule has 6 nitrogen and oxygen atoms in total. The van der Waals surface area contributed by atoms with Gasteiger partial charge in [-0.25, -0.2) is 4.39 Å². The second kappa shape index (κ2) is 6.27. The normalized spacial score (nSPS) is 12.5. The third-order valence-corrected chi connectivity index (χ3v) is 4.07. The summed E-state index contributed by atoms with van der Waals surface area (Å²) >= 11 is 0. The molecule has 4 aromatic rings. The van der Waals surface area contributed by atoms with Crippen LogP contribution in [0, 0.1) is 12.7 Å². The van der Waals surface area contributed by atoms with Gasteiger partial charge in [-0.15, -0.1) is 10.2 Å². The SMILES string of the molecule is Cc1nnc(-c2c(-c3ccccn3)c(C(C)N)nc3ccc(F)cc23)o1. The second-order valence-corrected chi connectivity index (χ2v) is 6.04. The fourth-order valence-electron chi connectivity index (χ4n) is 2.97. The third-order valence-electron chi connectivity index (χ3n) is 4.07. The topological polar surface area (TPSA) is 90.7 Å². The van der Waals surface area contributed by atoms with E-state index in [-0.39, 0.29) is 17.7 Å². The van der Waals surface area contributed by atoms with Gasteiger partial charge in [0, 0.05) is 30.1 Å². The lowest BCUT2D eigenvalue weighted by Gasteiger charge is -2.17. The van der Waals surface area contributed by atoms with Gasteiger partial charge in [-0.1, -0.05) is 6.07 Å². The first-order valence-electron chi connectivity index (χ1n) is 8.15. The molecule has 0 saturated carbocycles. The Morgan fingerprint density at radius 2 is 1.96 bits per heavy atom. The number of nitrogens with two attached hydrogens (primary N) is 1. The maximum absolute atomic E-state index is 14.0. The van der Waals surface area contributed by atoms with Gasteiger partial charge >= 0.3 is 0 Å². The lowest BCUT2D eigenvalue weighted by atomic mass is 9.95. The molecule has 2 N–H and O–H groups in total. The molecule has 4 rings (SSSR count). The Morgan fingerprint density at radius 1 is 1.12 bits per heavy atom. The van der Waals surface area contributed by atoms with E-state index in [9.17, 15) is 4.39 Å². The van der Waals surface area contributed by atoms with Gasteiger partial charge in [0.2, 0.25) is 11.8 Å². The standard InChI is InChI=1S/C19H16FN5O/c1-10(21)18-17(15-5-3-4-8-22-15)16(19-25-24-11(2)26-19)13-9-12(20)6-7-14(13)23-18/h3-10H,21H2,1-2H3. The van der Waals surface area contributed by atoms with Crippen LogP contribution in [0.3, 0.4) is 0 Å². The molecule has 0 bridgehead atoms.